The second kappa shape index (κ2) is 6.30. The normalized spacial score (nSPS) is 31.7. The highest BCUT2D eigenvalue weighted by Gasteiger charge is 2.51. The maximum atomic E-state index is 12.8. The number of carboxylic acid groups (broad SMARTS) is 1. The third kappa shape index (κ3) is 3.06. The molecule has 4 fully saturated rings. The molecule has 2 aliphatic carbocycles. The van der Waals surface area contributed by atoms with E-state index in [1.54, 1.807) is 0 Å². The first kappa shape index (κ1) is 16.3. The Labute approximate surface area is 143 Å². The summed E-state index contributed by atoms with van der Waals surface area (Å²) < 4.78 is 0. The van der Waals surface area contributed by atoms with Crippen molar-refractivity contribution in [3.05, 3.63) is 0 Å². The Hall–Kier alpha value is -1.14. The van der Waals surface area contributed by atoms with Crippen molar-refractivity contribution in [2.24, 2.45) is 5.92 Å². The topological polar surface area (TPSA) is 72.9 Å². The minimum Gasteiger partial charge on any atom is -0.480 e. The Morgan fingerprint density at radius 3 is 2.42 bits per heavy atom. The number of carbonyl (C=O) groups excluding carboxylic acids is 1. The number of rotatable bonds is 7. The first-order valence-corrected chi connectivity index (χ1v) is 9.59. The highest BCUT2D eigenvalue weighted by molar-refractivity contribution is 5.87. The third-order valence-corrected chi connectivity index (χ3v) is 6.56. The van der Waals surface area contributed by atoms with Crippen molar-refractivity contribution in [3.8, 4) is 0 Å². The Morgan fingerprint density at radius 2 is 1.83 bits per heavy atom. The summed E-state index contributed by atoms with van der Waals surface area (Å²) in [6.07, 6.45) is 8.55. The number of carbonyl (C=O) groups is 2. The summed E-state index contributed by atoms with van der Waals surface area (Å²) in [7, 11) is 0. The second-order valence-corrected chi connectivity index (χ2v) is 8.29. The molecule has 1 amide bonds. The number of aliphatic carboxylic acids is 1. The van der Waals surface area contributed by atoms with Crippen LogP contribution < -0.4 is 5.32 Å². The van der Waals surface area contributed by atoms with Crippen LogP contribution in [0.25, 0.3) is 0 Å². The van der Waals surface area contributed by atoms with Crippen LogP contribution >= 0.6 is 0 Å². The molecule has 2 aliphatic heterocycles. The fourth-order valence-corrected chi connectivity index (χ4v) is 4.95. The molecule has 0 radical (unpaired) electrons. The highest BCUT2D eigenvalue weighted by Crippen LogP contribution is 2.40. The summed E-state index contributed by atoms with van der Waals surface area (Å²) in [6, 6.07) is 0.559. The van der Waals surface area contributed by atoms with Crippen molar-refractivity contribution < 1.29 is 14.7 Å². The molecule has 0 spiro atoms. The summed E-state index contributed by atoms with van der Waals surface area (Å²) >= 11 is 0. The largest absolute Gasteiger partial charge is 0.480 e. The van der Waals surface area contributed by atoms with Gasteiger partial charge in [0, 0.05) is 18.6 Å². The van der Waals surface area contributed by atoms with Crippen LogP contribution in [0.2, 0.25) is 0 Å². The van der Waals surface area contributed by atoms with E-state index >= 15 is 0 Å². The van der Waals surface area contributed by atoms with Crippen LogP contribution in [0.4, 0.5) is 0 Å². The zero-order valence-corrected chi connectivity index (χ0v) is 14.4. The molecule has 0 aromatic carbocycles. The molecule has 0 atom stereocenters. The summed E-state index contributed by atoms with van der Waals surface area (Å²) in [6.45, 7) is 3.18. The number of carboxylic acids is 1. The van der Waals surface area contributed by atoms with E-state index in [9.17, 15) is 9.59 Å². The van der Waals surface area contributed by atoms with Crippen LogP contribution in [0.15, 0.2) is 0 Å². The van der Waals surface area contributed by atoms with Crippen LogP contribution in [0.5, 0.6) is 0 Å². The van der Waals surface area contributed by atoms with E-state index in [-0.39, 0.29) is 24.0 Å². The van der Waals surface area contributed by atoms with Crippen molar-refractivity contribution in [1.29, 1.82) is 0 Å². The number of hydrogen-bond acceptors (Lipinski definition) is 4. The first-order valence-electron chi connectivity index (χ1n) is 9.59. The van der Waals surface area contributed by atoms with Gasteiger partial charge in [0.1, 0.15) is 5.54 Å². The minimum absolute atomic E-state index is 0.138. The van der Waals surface area contributed by atoms with Gasteiger partial charge in [0.05, 0.1) is 6.54 Å². The fraction of sp³-hybridized carbons (Fsp3) is 0.889. The van der Waals surface area contributed by atoms with Crippen molar-refractivity contribution in [2.75, 3.05) is 26.2 Å². The van der Waals surface area contributed by atoms with Gasteiger partial charge in [-0.3, -0.25) is 19.4 Å². The monoisotopic (exact) mass is 335 g/mol. The molecule has 0 unspecified atom stereocenters. The lowest BCUT2D eigenvalue weighted by Gasteiger charge is -2.44. The molecular formula is C18H29N3O3. The van der Waals surface area contributed by atoms with Gasteiger partial charge in [-0.2, -0.15) is 0 Å². The molecule has 0 bridgehead atoms. The standard InChI is InChI=1S/C18H29N3O3/c22-16(23)12-20(11-13-3-4-13)15-9-14(10-15)19-17(24)18-5-1-7-21(18)8-2-6-18/h13-15H,1-12H2,(H,19,24)(H,22,23). The van der Waals surface area contributed by atoms with Crippen molar-refractivity contribution in [3.63, 3.8) is 0 Å². The van der Waals surface area contributed by atoms with Gasteiger partial charge in [-0.25, -0.2) is 0 Å². The highest BCUT2D eigenvalue weighted by atomic mass is 16.4. The Morgan fingerprint density at radius 1 is 1.17 bits per heavy atom. The van der Waals surface area contributed by atoms with Crippen molar-refractivity contribution >= 4 is 11.9 Å². The van der Waals surface area contributed by atoms with Gasteiger partial charge in [0.25, 0.3) is 0 Å². The van der Waals surface area contributed by atoms with Crippen LogP contribution in [-0.2, 0) is 9.59 Å². The quantitative estimate of drug-likeness (QED) is 0.728. The van der Waals surface area contributed by atoms with Gasteiger partial charge >= 0.3 is 5.97 Å². The average molecular weight is 335 g/mol. The van der Waals surface area contributed by atoms with E-state index in [1.165, 1.54) is 12.8 Å². The lowest BCUT2D eigenvalue weighted by molar-refractivity contribution is -0.140. The molecule has 2 saturated heterocycles. The maximum Gasteiger partial charge on any atom is 0.317 e. The predicted molar refractivity (Wildman–Crippen MR) is 89.7 cm³/mol. The Bertz CT molecular complexity index is 504. The van der Waals surface area contributed by atoms with E-state index in [1.807, 2.05) is 0 Å². The lowest BCUT2D eigenvalue weighted by Crippen LogP contribution is -2.60. The van der Waals surface area contributed by atoms with Crippen LogP contribution in [0.3, 0.4) is 0 Å². The third-order valence-electron chi connectivity index (χ3n) is 6.56. The number of fused-ring (bicyclic) bond motifs is 1. The molecule has 2 N–H and O–H groups in total. The fourth-order valence-electron chi connectivity index (χ4n) is 4.95. The van der Waals surface area contributed by atoms with E-state index in [0.717, 1.165) is 58.2 Å². The first-order chi connectivity index (χ1) is 11.6. The molecule has 0 aromatic rings. The summed E-state index contributed by atoms with van der Waals surface area (Å²) in [4.78, 5) is 28.4. The zero-order valence-electron chi connectivity index (χ0n) is 14.4. The van der Waals surface area contributed by atoms with E-state index < -0.39 is 5.97 Å². The molecule has 24 heavy (non-hydrogen) atoms. The number of nitrogens with one attached hydrogen (secondary N) is 1. The molecule has 134 valence electrons. The average Bonchev–Trinajstić information content (AvgIpc) is 3.05. The van der Waals surface area contributed by atoms with Gasteiger partial charge in [-0.1, -0.05) is 0 Å². The van der Waals surface area contributed by atoms with Gasteiger partial charge < -0.3 is 10.4 Å². The molecule has 6 heteroatoms. The van der Waals surface area contributed by atoms with Crippen LogP contribution in [0, 0.1) is 5.92 Å². The molecule has 4 aliphatic rings. The number of nitrogens with zero attached hydrogens (tertiary/aromatic N) is 2. The SMILES string of the molecule is O=C(O)CN(CC1CC1)C1CC(NC(=O)C23CCCN2CCC3)C1. The van der Waals surface area contributed by atoms with Gasteiger partial charge in [-0.05, 0) is 70.4 Å². The van der Waals surface area contributed by atoms with Gasteiger partial charge in [-0.15, -0.1) is 0 Å². The summed E-state index contributed by atoms with van der Waals surface area (Å²) in [5.41, 5.74) is -0.222. The van der Waals surface area contributed by atoms with Crippen molar-refractivity contribution in [1.82, 2.24) is 15.1 Å². The van der Waals surface area contributed by atoms with Crippen LogP contribution in [-0.4, -0.2) is 70.6 Å². The van der Waals surface area contributed by atoms with Crippen LogP contribution in [0.1, 0.15) is 51.4 Å². The van der Waals surface area contributed by atoms with Gasteiger partial charge in [0.2, 0.25) is 5.91 Å². The minimum atomic E-state index is -0.741. The second-order valence-electron chi connectivity index (χ2n) is 8.29. The molecular weight excluding hydrogens is 306 g/mol. The molecule has 6 nitrogen and oxygen atoms in total. The summed E-state index contributed by atoms with van der Waals surface area (Å²) in [5.74, 6) is 0.185. The molecule has 4 rings (SSSR count). The van der Waals surface area contributed by atoms with Crippen molar-refractivity contribution in [2.45, 2.75) is 69.0 Å². The maximum absolute atomic E-state index is 12.8. The van der Waals surface area contributed by atoms with E-state index in [2.05, 4.69) is 15.1 Å². The summed E-state index contributed by atoms with van der Waals surface area (Å²) in [5, 5.41) is 12.4. The predicted octanol–water partition coefficient (Wildman–Crippen LogP) is 1.06. The molecule has 2 saturated carbocycles. The number of amides is 1. The molecule has 0 aromatic heterocycles. The van der Waals surface area contributed by atoms with E-state index in [0.29, 0.717) is 12.0 Å². The zero-order chi connectivity index (χ0) is 16.7. The van der Waals surface area contributed by atoms with E-state index in [4.69, 9.17) is 5.11 Å². The smallest absolute Gasteiger partial charge is 0.317 e. The number of hydrogen-bond donors (Lipinski definition) is 2. The Balaban J connectivity index is 1.29. The van der Waals surface area contributed by atoms with Gasteiger partial charge in [0.15, 0.2) is 0 Å². The Kier molecular flexibility index (Phi) is 4.29. The lowest BCUT2D eigenvalue weighted by atomic mass is 9.83. The molecule has 2 heterocycles.